The number of hydrogen-bond donors (Lipinski definition) is 0. The van der Waals surface area contributed by atoms with E-state index in [1.165, 1.54) is 11.3 Å². The molecule has 0 radical (unpaired) electrons. The van der Waals surface area contributed by atoms with E-state index in [2.05, 4.69) is 10.1 Å². The second-order valence-corrected chi connectivity index (χ2v) is 6.43. The van der Waals surface area contributed by atoms with Crippen molar-refractivity contribution in [2.75, 3.05) is 0 Å². The highest BCUT2D eigenvalue weighted by molar-refractivity contribution is 7.07. The summed E-state index contributed by atoms with van der Waals surface area (Å²) in [4.78, 5) is 5.43. The zero-order valence-corrected chi connectivity index (χ0v) is 14.4. The molecule has 6 heteroatoms. The Labute approximate surface area is 143 Å². The Hall–Kier alpha value is -2.11. The van der Waals surface area contributed by atoms with Gasteiger partial charge in [0, 0.05) is 22.0 Å². The van der Waals surface area contributed by atoms with E-state index in [9.17, 15) is 0 Å². The van der Waals surface area contributed by atoms with Crippen LogP contribution in [0.15, 0.2) is 62.6 Å². The number of hydrogen-bond acceptors (Lipinski definition) is 4. The first-order valence-electron chi connectivity index (χ1n) is 7.22. The van der Waals surface area contributed by atoms with Crippen molar-refractivity contribution in [1.82, 2.24) is 4.68 Å². The molecule has 1 aromatic carbocycles. The van der Waals surface area contributed by atoms with Gasteiger partial charge in [0.2, 0.25) is 4.80 Å². The van der Waals surface area contributed by atoms with E-state index in [-0.39, 0.29) is 6.04 Å². The molecule has 0 saturated carbocycles. The van der Waals surface area contributed by atoms with Crippen molar-refractivity contribution in [3.05, 3.63) is 63.4 Å². The van der Waals surface area contributed by atoms with Crippen molar-refractivity contribution in [3.63, 3.8) is 0 Å². The zero-order valence-electron chi connectivity index (χ0n) is 12.8. The lowest BCUT2D eigenvalue weighted by molar-refractivity contribution is 0.575. The SMILES string of the molecule is CC(C)N=c1scc(-c2ccco2)n1N=Cc1ccccc1Cl. The minimum atomic E-state index is 0.180. The molecular weight excluding hydrogens is 330 g/mol. The van der Waals surface area contributed by atoms with Gasteiger partial charge in [-0.05, 0) is 32.0 Å². The van der Waals surface area contributed by atoms with Crippen LogP contribution in [-0.2, 0) is 0 Å². The molecule has 0 N–H and O–H groups in total. The van der Waals surface area contributed by atoms with Gasteiger partial charge in [-0.2, -0.15) is 5.10 Å². The molecule has 2 aromatic heterocycles. The van der Waals surface area contributed by atoms with Crippen LogP contribution in [0.4, 0.5) is 0 Å². The van der Waals surface area contributed by atoms with Crippen molar-refractivity contribution in [2.45, 2.75) is 19.9 Å². The molecule has 23 heavy (non-hydrogen) atoms. The molecule has 0 fully saturated rings. The minimum absolute atomic E-state index is 0.180. The van der Waals surface area contributed by atoms with E-state index in [0.717, 1.165) is 21.8 Å². The monoisotopic (exact) mass is 345 g/mol. The number of thiazole rings is 1. The van der Waals surface area contributed by atoms with Crippen molar-refractivity contribution in [2.24, 2.45) is 10.1 Å². The molecule has 0 aliphatic rings. The van der Waals surface area contributed by atoms with Crippen LogP contribution in [-0.4, -0.2) is 16.9 Å². The lowest BCUT2D eigenvalue weighted by atomic mass is 10.2. The Morgan fingerprint density at radius 3 is 2.74 bits per heavy atom. The first-order valence-corrected chi connectivity index (χ1v) is 8.48. The highest BCUT2D eigenvalue weighted by atomic mass is 35.5. The number of nitrogens with zero attached hydrogens (tertiary/aromatic N) is 3. The van der Waals surface area contributed by atoms with Crippen LogP contribution in [0.1, 0.15) is 19.4 Å². The van der Waals surface area contributed by atoms with E-state index >= 15 is 0 Å². The molecule has 118 valence electrons. The van der Waals surface area contributed by atoms with E-state index < -0.39 is 0 Å². The summed E-state index contributed by atoms with van der Waals surface area (Å²) in [5.41, 5.74) is 1.72. The average molecular weight is 346 g/mol. The summed E-state index contributed by atoms with van der Waals surface area (Å²) < 4.78 is 7.28. The number of furan rings is 1. The minimum Gasteiger partial charge on any atom is -0.463 e. The predicted molar refractivity (Wildman–Crippen MR) is 95.2 cm³/mol. The Kier molecular flexibility index (Phi) is 4.79. The van der Waals surface area contributed by atoms with E-state index in [1.54, 1.807) is 17.2 Å². The van der Waals surface area contributed by atoms with Gasteiger partial charge < -0.3 is 4.42 Å². The maximum Gasteiger partial charge on any atom is 0.206 e. The second kappa shape index (κ2) is 6.98. The molecule has 0 spiro atoms. The zero-order chi connectivity index (χ0) is 16.2. The number of rotatable bonds is 4. The largest absolute Gasteiger partial charge is 0.463 e. The lowest BCUT2D eigenvalue weighted by Crippen LogP contribution is -2.14. The maximum absolute atomic E-state index is 6.19. The summed E-state index contributed by atoms with van der Waals surface area (Å²) in [5, 5.41) is 7.22. The van der Waals surface area contributed by atoms with E-state index in [4.69, 9.17) is 16.0 Å². The number of halogens is 1. The molecule has 3 aromatic rings. The van der Waals surface area contributed by atoms with Crippen molar-refractivity contribution < 1.29 is 4.42 Å². The van der Waals surface area contributed by atoms with Crippen molar-refractivity contribution in [3.8, 4) is 11.5 Å². The Balaban J connectivity index is 2.09. The third kappa shape index (κ3) is 3.63. The molecule has 0 unspecified atom stereocenters. The second-order valence-electron chi connectivity index (χ2n) is 5.18. The molecule has 0 bridgehead atoms. The molecule has 0 aliphatic heterocycles. The first kappa shape index (κ1) is 15.8. The topological polar surface area (TPSA) is 42.8 Å². The molecule has 4 nitrogen and oxygen atoms in total. The standard InChI is InChI=1S/C17H16ClN3OS/c1-12(2)20-17-21(15(11-23-17)16-8-5-9-22-16)19-10-13-6-3-4-7-14(13)18/h3-12H,1-2H3. The molecule has 2 heterocycles. The van der Waals surface area contributed by atoms with Crippen LogP contribution in [0.2, 0.25) is 5.02 Å². The van der Waals surface area contributed by atoms with E-state index in [0.29, 0.717) is 5.02 Å². The molecule has 0 aliphatic carbocycles. The van der Waals surface area contributed by atoms with Gasteiger partial charge in [-0.1, -0.05) is 29.8 Å². The molecule has 0 saturated heterocycles. The highest BCUT2D eigenvalue weighted by Crippen LogP contribution is 2.21. The van der Waals surface area contributed by atoms with Gasteiger partial charge in [0.1, 0.15) is 5.69 Å². The summed E-state index contributed by atoms with van der Waals surface area (Å²) in [6.45, 7) is 4.07. The van der Waals surface area contributed by atoms with Gasteiger partial charge in [-0.15, -0.1) is 11.3 Å². The fourth-order valence-corrected chi connectivity index (χ4v) is 3.15. The predicted octanol–water partition coefficient (Wildman–Crippen LogP) is 4.65. The first-order chi connectivity index (χ1) is 11.1. The summed E-state index contributed by atoms with van der Waals surface area (Å²) in [6, 6.07) is 11.5. The quantitative estimate of drug-likeness (QED) is 0.634. The fourth-order valence-electron chi connectivity index (χ4n) is 2.02. The average Bonchev–Trinajstić information content (AvgIpc) is 3.15. The van der Waals surface area contributed by atoms with Gasteiger partial charge in [-0.3, -0.25) is 4.99 Å². The Morgan fingerprint density at radius 1 is 1.22 bits per heavy atom. The van der Waals surface area contributed by atoms with Gasteiger partial charge in [0.25, 0.3) is 0 Å². The van der Waals surface area contributed by atoms with Crippen LogP contribution in [0.25, 0.3) is 11.5 Å². The number of aromatic nitrogens is 1. The Bertz CT molecular complexity index is 875. The normalized spacial score (nSPS) is 12.6. The van der Waals surface area contributed by atoms with Crippen LogP contribution >= 0.6 is 22.9 Å². The van der Waals surface area contributed by atoms with Gasteiger partial charge >= 0.3 is 0 Å². The van der Waals surface area contributed by atoms with Crippen LogP contribution < -0.4 is 4.80 Å². The summed E-state index contributed by atoms with van der Waals surface area (Å²) in [6.07, 6.45) is 3.38. The summed E-state index contributed by atoms with van der Waals surface area (Å²) in [5.74, 6) is 0.753. The summed E-state index contributed by atoms with van der Waals surface area (Å²) >= 11 is 7.72. The van der Waals surface area contributed by atoms with Crippen LogP contribution in [0.5, 0.6) is 0 Å². The fraction of sp³-hybridized carbons (Fsp3) is 0.176. The summed E-state index contributed by atoms with van der Waals surface area (Å²) in [7, 11) is 0. The third-order valence-corrected chi connectivity index (χ3v) is 4.22. The smallest absolute Gasteiger partial charge is 0.206 e. The number of benzene rings is 1. The van der Waals surface area contributed by atoms with Crippen LogP contribution in [0, 0.1) is 0 Å². The highest BCUT2D eigenvalue weighted by Gasteiger charge is 2.10. The van der Waals surface area contributed by atoms with Gasteiger partial charge in [0.15, 0.2) is 5.76 Å². The Morgan fingerprint density at radius 2 is 2.04 bits per heavy atom. The molecule has 0 atom stereocenters. The molecular formula is C17H16ClN3OS. The van der Waals surface area contributed by atoms with Crippen molar-refractivity contribution in [1.29, 1.82) is 0 Å². The molecule has 3 rings (SSSR count). The van der Waals surface area contributed by atoms with Crippen LogP contribution in [0.3, 0.4) is 0 Å². The third-order valence-electron chi connectivity index (χ3n) is 3.05. The van der Waals surface area contributed by atoms with Crippen molar-refractivity contribution >= 4 is 29.2 Å². The van der Waals surface area contributed by atoms with Gasteiger partial charge in [0.05, 0.1) is 12.5 Å². The van der Waals surface area contributed by atoms with Gasteiger partial charge in [-0.25, -0.2) is 4.68 Å². The molecule has 0 amide bonds. The maximum atomic E-state index is 6.19. The van der Waals surface area contributed by atoms with E-state index in [1.807, 2.05) is 55.6 Å². The lowest BCUT2D eigenvalue weighted by Gasteiger charge is -2.02.